The number of hydrogen-bond acceptors (Lipinski definition) is 5. The summed E-state index contributed by atoms with van der Waals surface area (Å²) >= 11 is 0. The minimum atomic E-state index is 0.428. The molecule has 2 aromatic heterocycles. The maximum absolute atomic E-state index is 5.68. The summed E-state index contributed by atoms with van der Waals surface area (Å²) in [4.78, 5) is 11.3. The monoisotopic (exact) mass is 392 g/mol. The van der Waals surface area contributed by atoms with Crippen molar-refractivity contribution in [1.82, 2.24) is 19.4 Å². The molecule has 6 heteroatoms. The van der Waals surface area contributed by atoms with Crippen LogP contribution in [0.25, 0.3) is 11.4 Å². The van der Waals surface area contributed by atoms with Crippen molar-refractivity contribution < 1.29 is 9.47 Å². The first-order chi connectivity index (χ1) is 14.2. The molecule has 0 atom stereocenters. The Morgan fingerprint density at radius 3 is 2.48 bits per heavy atom. The molecule has 1 aliphatic rings. The Morgan fingerprint density at radius 2 is 1.79 bits per heavy atom. The molecule has 1 fully saturated rings. The van der Waals surface area contributed by atoms with Gasteiger partial charge >= 0.3 is 0 Å². The van der Waals surface area contributed by atoms with E-state index in [-0.39, 0.29) is 0 Å². The van der Waals surface area contributed by atoms with E-state index in [0.29, 0.717) is 6.04 Å². The second kappa shape index (κ2) is 8.66. The average molecular weight is 393 g/mol. The summed E-state index contributed by atoms with van der Waals surface area (Å²) in [5, 5.41) is 0. The third kappa shape index (κ3) is 4.12. The zero-order valence-electron chi connectivity index (χ0n) is 17.3. The number of rotatable bonds is 6. The average Bonchev–Trinajstić information content (AvgIpc) is 3.24. The van der Waals surface area contributed by atoms with Crippen LogP contribution in [0.15, 0.2) is 49.1 Å². The zero-order chi connectivity index (χ0) is 20.2. The lowest BCUT2D eigenvalue weighted by atomic mass is 10.0. The quantitative estimate of drug-likeness (QED) is 0.632. The van der Waals surface area contributed by atoms with Gasteiger partial charge in [0.05, 0.1) is 19.8 Å². The standard InChI is InChI=1S/C23H28N4O2/c1-17-14-20(22(29-3)21(15-17)28-2)23-25-10-13-27(23)19-6-11-26(12-7-19)16-18-4-8-24-9-5-18/h4-5,8-10,13-15,19H,6-7,11-12,16H2,1-3H3. The molecule has 152 valence electrons. The summed E-state index contributed by atoms with van der Waals surface area (Å²) in [7, 11) is 3.35. The highest BCUT2D eigenvalue weighted by molar-refractivity contribution is 5.70. The minimum absolute atomic E-state index is 0.428. The maximum Gasteiger partial charge on any atom is 0.171 e. The third-order valence-electron chi connectivity index (χ3n) is 5.64. The minimum Gasteiger partial charge on any atom is -0.493 e. The van der Waals surface area contributed by atoms with Crippen molar-refractivity contribution in [3.05, 3.63) is 60.2 Å². The van der Waals surface area contributed by atoms with Crippen molar-refractivity contribution in [3.8, 4) is 22.9 Å². The first kappa shape index (κ1) is 19.5. The number of methoxy groups -OCH3 is 2. The molecular weight excluding hydrogens is 364 g/mol. The number of hydrogen-bond donors (Lipinski definition) is 0. The van der Waals surface area contributed by atoms with Gasteiger partial charge in [0.15, 0.2) is 11.5 Å². The lowest BCUT2D eigenvalue weighted by Gasteiger charge is -2.33. The number of aryl methyl sites for hydroxylation is 1. The molecule has 0 saturated carbocycles. The van der Waals surface area contributed by atoms with Crippen molar-refractivity contribution in [2.75, 3.05) is 27.3 Å². The van der Waals surface area contributed by atoms with E-state index in [9.17, 15) is 0 Å². The molecule has 0 amide bonds. The molecule has 0 radical (unpaired) electrons. The fraction of sp³-hybridized carbons (Fsp3) is 0.391. The lowest BCUT2D eigenvalue weighted by Crippen LogP contribution is -2.34. The first-order valence-electron chi connectivity index (χ1n) is 10.1. The third-order valence-corrected chi connectivity index (χ3v) is 5.64. The summed E-state index contributed by atoms with van der Waals surface area (Å²) in [6, 6.07) is 8.73. The Balaban J connectivity index is 1.53. The van der Waals surface area contributed by atoms with Crippen LogP contribution in [0, 0.1) is 6.92 Å². The fourth-order valence-electron chi connectivity index (χ4n) is 4.19. The van der Waals surface area contributed by atoms with E-state index in [1.807, 2.05) is 24.7 Å². The van der Waals surface area contributed by atoms with Gasteiger partial charge in [-0.25, -0.2) is 4.98 Å². The number of ether oxygens (including phenoxy) is 2. The van der Waals surface area contributed by atoms with Crippen LogP contribution >= 0.6 is 0 Å². The smallest absolute Gasteiger partial charge is 0.171 e. The Labute approximate surface area is 172 Å². The van der Waals surface area contributed by atoms with Crippen LogP contribution in [0.2, 0.25) is 0 Å². The second-order valence-corrected chi connectivity index (χ2v) is 7.57. The van der Waals surface area contributed by atoms with Gasteiger partial charge in [-0.1, -0.05) is 0 Å². The normalized spacial score (nSPS) is 15.4. The predicted octanol–water partition coefficient (Wildman–Crippen LogP) is 4.11. The van der Waals surface area contributed by atoms with E-state index in [1.54, 1.807) is 14.2 Å². The SMILES string of the molecule is COc1cc(C)cc(-c2nccn2C2CCN(Cc3ccncc3)CC2)c1OC. The van der Waals surface area contributed by atoms with E-state index in [0.717, 1.165) is 60.9 Å². The summed E-state index contributed by atoms with van der Waals surface area (Å²) in [5.41, 5.74) is 3.42. The summed E-state index contributed by atoms with van der Waals surface area (Å²) in [6.07, 6.45) is 9.89. The van der Waals surface area contributed by atoms with Crippen molar-refractivity contribution in [1.29, 1.82) is 0 Å². The predicted molar refractivity (Wildman–Crippen MR) is 113 cm³/mol. The van der Waals surface area contributed by atoms with Crippen LogP contribution in [-0.4, -0.2) is 46.7 Å². The largest absolute Gasteiger partial charge is 0.493 e. The van der Waals surface area contributed by atoms with Gasteiger partial charge in [-0.3, -0.25) is 9.88 Å². The van der Waals surface area contributed by atoms with Crippen LogP contribution in [0.4, 0.5) is 0 Å². The van der Waals surface area contributed by atoms with Crippen molar-refractivity contribution >= 4 is 0 Å². The van der Waals surface area contributed by atoms with Crippen LogP contribution in [0.5, 0.6) is 11.5 Å². The Morgan fingerprint density at radius 1 is 1.03 bits per heavy atom. The van der Waals surface area contributed by atoms with E-state index < -0.39 is 0 Å². The molecule has 6 nitrogen and oxygen atoms in total. The molecule has 1 saturated heterocycles. The summed E-state index contributed by atoms with van der Waals surface area (Å²) in [6.45, 7) is 5.18. The number of nitrogens with zero attached hydrogens (tertiary/aromatic N) is 4. The van der Waals surface area contributed by atoms with E-state index in [2.05, 4.69) is 50.8 Å². The first-order valence-corrected chi connectivity index (χ1v) is 10.1. The van der Waals surface area contributed by atoms with Crippen molar-refractivity contribution in [2.45, 2.75) is 32.4 Å². The highest BCUT2D eigenvalue weighted by Crippen LogP contribution is 2.40. The topological polar surface area (TPSA) is 52.4 Å². The van der Waals surface area contributed by atoms with Crippen molar-refractivity contribution in [3.63, 3.8) is 0 Å². The van der Waals surface area contributed by atoms with Gasteiger partial charge in [0.2, 0.25) is 0 Å². The van der Waals surface area contributed by atoms with Gasteiger partial charge in [0.25, 0.3) is 0 Å². The molecule has 0 aliphatic carbocycles. The molecule has 3 aromatic rings. The molecule has 3 heterocycles. The van der Waals surface area contributed by atoms with Crippen LogP contribution in [0.3, 0.4) is 0 Å². The molecule has 1 aliphatic heterocycles. The van der Waals surface area contributed by atoms with Gasteiger partial charge in [-0.15, -0.1) is 0 Å². The lowest BCUT2D eigenvalue weighted by molar-refractivity contribution is 0.180. The van der Waals surface area contributed by atoms with E-state index in [1.165, 1.54) is 5.56 Å². The van der Waals surface area contributed by atoms with Gasteiger partial charge in [0, 0.05) is 50.5 Å². The summed E-state index contributed by atoms with van der Waals surface area (Å²) in [5.74, 6) is 2.42. The Kier molecular flexibility index (Phi) is 5.81. The molecule has 1 aromatic carbocycles. The van der Waals surface area contributed by atoms with Crippen molar-refractivity contribution in [2.24, 2.45) is 0 Å². The van der Waals surface area contributed by atoms with Gasteiger partial charge in [-0.2, -0.15) is 0 Å². The molecule has 0 N–H and O–H groups in total. The Bertz CT molecular complexity index is 947. The van der Waals surface area contributed by atoms with Gasteiger partial charge < -0.3 is 14.0 Å². The maximum atomic E-state index is 5.68. The fourth-order valence-corrected chi connectivity index (χ4v) is 4.19. The second-order valence-electron chi connectivity index (χ2n) is 7.57. The van der Waals surface area contributed by atoms with E-state index >= 15 is 0 Å². The number of aromatic nitrogens is 3. The van der Waals surface area contributed by atoms with Crippen LogP contribution in [-0.2, 0) is 6.54 Å². The van der Waals surface area contributed by atoms with Crippen LogP contribution in [0.1, 0.15) is 30.0 Å². The summed E-state index contributed by atoms with van der Waals surface area (Å²) < 4.78 is 13.5. The number of likely N-dealkylation sites (tertiary alicyclic amines) is 1. The molecule has 4 rings (SSSR count). The van der Waals surface area contributed by atoms with Crippen LogP contribution < -0.4 is 9.47 Å². The number of benzene rings is 1. The molecule has 0 unspecified atom stereocenters. The van der Waals surface area contributed by atoms with Gasteiger partial charge in [0.1, 0.15) is 5.82 Å². The number of piperidine rings is 1. The van der Waals surface area contributed by atoms with E-state index in [4.69, 9.17) is 9.47 Å². The highest BCUT2D eigenvalue weighted by atomic mass is 16.5. The molecule has 0 bridgehead atoms. The molecule has 0 spiro atoms. The Hall–Kier alpha value is -2.86. The zero-order valence-corrected chi connectivity index (χ0v) is 17.3. The molecule has 29 heavy (non-hydrogen) atoms. The highest BCUT2D eigenvalue weighted by Gasteiger charge is 2.24. The number of pyridine rings is 1. The number of imidazole rings is 1. The van der Waals surface area contributed by atoms with Gasteiger partial charge in [-0.05, 0) is 55.2 Å². The molecular formula is C23H28N4O2.